The molecular weight excluding hydrogens is 788 g/mol. The number of aromatic nitrogens is 4. The Morgan fingerprint density at radius 1 is 1.00 bits per heavy atom. The average Bonchev–Trinajstić information content (AvgIpc) is 3.15. The monoisotopic (exact) mass is 832 g/mol. The molecule has 2 aliphatic heterocycles. The molecule has 0 atom stereocenters. The van der Waals surface area contributed by atoms with Crippen LogP contribution in [-0.2, 0) is 12.6 Å². The van der Waals surface area contributed by atoms with Crippen LogP contribution in [0.4, 0.5) is 47.7 Å². The zero-order valence-electron chi connectivity index (χ0n) is 29.7. The van der Waals surface area contributed by atoms with E-state index < -0.39 is 11.7 Å². The van der Waals surface area contributed by atoms with Gasteiger partial charge in [0, 0.05) is 95.5 Å². The lowest BCUT2D eigenvalue weighted by Gasteiger charge is -2.43. The largest absolute Gasteiger partial charge is 0.418 e. The number of anilines is 6. The lowest BCUT2D eigenvalue weighted by molar-refractivity contribution is -0.137. The average molecular weight is 833 g/mol. The van der Waals surface area contributed by atoms with Gasteiger partial charge in [0.2, 0.25) is 5.95 Å². The summed E-state index contributed by atoms with van der Waals surface area (Å²) >= 11 is 3.73. The summed E-state index contributed by atoms with van der Waals surface area (Å²) in [5, 5.41) is 0. The number of hydrogen-bond donors (Lipinski definition) is 0. The van der Waals surface area contributed by atoms with Crippen LogP contribution in [-0.4, -0.2) is 102 Å². The third kappa shape index (κ3) is 7.71. The standard InChI is InChI=1S/C36H44F3IN10S/c1-7-24-21-31(27(36(37,38)39)22-30(24)49-15-11-26(12-16-49)48-19-17-45(3)18-20-48)46(4)35-43-23-25(8-2)34(44-35)50(40)29-10-9-28-32(42-14-13-41-28)33(29)47(5)51-6/h7,9-10,13-14,21-23,26H,1,8,11-12,15-20H2,2-6H3. The number of rotatable bonds is 10. The zero-order valence-corrected chi connectivity index (χ0v) is 32.6. The molecule has 10 nitrogen and oxygen atoms in total. The van der Waals surface area contributed by atoms with Crippen LogP contribution in [0.3, 0.4) is 0 Å². The second-order valence-corrected chi connectivity index (χ2v) is 14.8. The molecule has 2 aromatic carbocycles. The van der Waals surface area contributed by atoms with Gasteiger partial charge in [-0.25, -0.2) is 4.98 Å². The Kier molecular flexibility index (Phi) is 11.5. The van der Waals surface area contributed by atoms with E-state index in [1.54, 1.807) is 37.8 Å². The van der Waals surface area contributed by atoms with Crippen LogP contribution in [0.2, 0.25) is 0 Å². The first kappa shape index (κ1) is 37.4. The van der Waals surface area contributed by atoms with Crippen LogP contribution in [0.25, 0.3) is 17.1 Å². The first-order valence-corrected chi connectivity index (χ1v) is 19.2. The fraction of sp³-hybridized carbons (Fsp3) is 0.444. The van der Waals surface area contributed by atoms with Gasteiger partial charge in [-0.05, 0) is 56.1 Å². The number of piperazine rings is 1. The van der Waals surface area contributed by atoms with Crippen LogP contribution < -0.4 is 17.2 Å². The molecule has 2 aromatic heterocycles. The van der Waals surface area contributed by atoms with Gasteiger partial charge in [-0.1, -0.05) is 31.5 Å². The maximum atomic E-state index is 14.9. The van der Waals surface area contributed by atoms with Gasteiger partial charge in [0.05, 0.1) is 51.0 Å². The smallest absolute Gasteiger partial charge is 0.371 e. The Bertz CT molecular complexity index is 1860. The van der Waals surface area contributed by atoms with Crippen molar-refractivity contribution in [3.8, 4) is 0 Å². The van der Waals surface area contributed by atoms with Crippen LogP contribution >= 0.6 is 34.8 Å². The molecule has 272 valence electrons. The summed E-state index contributed by atoms with van der Waals surface area (Å²) in [6, 6.07) is 7.17. The summed E-state index contributed by atoms with van der Waals surface area (Å²) in [5.74, 6) is 0.719. The van der Waals surface area contributed by atoms with Crippen molar-refractivity contribution in [3.63, 3.8) is 0 Å². The zero-order chi connectivity index (χ0) is 36.4. The molecule has 0 aliphatic carbocycles. The van der Waals surface area contributed by atoms with Gasteiger partial charge in [0.1, 0.15) is 5.52 Å². The Hall–Kier alpha value is -3.41. The Labute approximate surface area is 316 Å². The molecule has 0 bridgehead atoms. The molecule has 6 rings (SSSR count). The fourth-order valence-electron chi connectivity index (χ4n) is 6.96. The van der Waals surface area contributed by atoms with Gasteiger partial charge in [-0.15, -0.1) is 0 Å². The fourth-order valence-corrected chi connectivity index (χ4v) is 8.13. The van der Waals surface area contributed by atoms with Crippen LogP contribution in [0.1, 0.15) is 36.5 Å². The molecule has 4 heterocycles. The van der Waals surface area contributed by atoms with Crippen molar-refractivity contribution in [3.05, 3.63) is 66.1 Å². The topological polar surface area (TPSA) is 71.0 Å². The van der Waals surface area contributed by atoms with Gasteiger partial charge in [0.25, 0.3) is 0 Å². The van der Waals surface area contributed by atoms with E-state index in [0.717, 1.165) is 67.0 Å². The first-order valence-electron chi connectivity index (χ1n) is 17.1. The highest BCUT2D eigenvalue weighted by molar-refractivity contribution is 14.1. The van der Waals surface area contributed by atoms with E-state index in [4.69, 9.17) is 4.98 Å². The number of likely N-dealkylation sites (N-methyl/N-ethyl adjacent to an activating group) is 1. The molecule has 0 amide bonds. The summed E-state index contributed by atoms with van der Waals surface area (Å²) in [6.07, 6.45) is 6.46. The summed E-state index contributed by atoms with van der Waals surface area (Å²) in [4.78, 5) is 27.0. The number of aryl methyl sites for hydroxylation is 1. The van der Waals surface area contributed by atoms with E-state index in [9.17, 15) is 13.2 Å². The molecule has 0 unspecified atom stereocenters. The van der Waals surface area contributed by atoms with Gasteiger partial charge in [-0.2, -0.15) is 18.2 Å². The highest BCUT2D eigenvalue weighted by atomic mass is 127. The van der Waals surface area contributed by atoms with Gasteiger partial charge in [0.15, 0.2) is 5.82 Å². The second kappa shape index (κ2) is 15.7. The molecule has 0 radical (unpaired) electrons. The third-order valence-electron chi connectivity index (χ3n) is 9.98. The number of halogens is 4. The second-order valence-electron chi connectivity index (χ2n) is 12.9. The molecule has 4 aromatic rings. The van der Waals surface area contributed by atoms with Crippen molar-refractivity contribution >= 4 is 86.4 Å². The number of fused-ring (bicyclic) bond motifs is 1. The lowest BCUT2D eigenvalue weighted by Crippen LogP contribution is -2.52. The van der Waals surface area contributed by atoms with Crippen molar-refractivity contribution in [2.75, 3.05) is 83.9 Å². The quantitative estimate of drug-likeness (QED) is 0.0893. The van der Waals surface area contributed by atoms with Gasteiger partial charge >= 0.3 is 6.18 Å². The van der Waals surface area contributed by atoms with Gasteiger partial charge < -0.3 is 19.0 Å². The van der Waals surface area contributed by atoms with Crippen LogP contribution in [0, 0.1) is 0 Å². The van der Waals surface area contributed by atoms with Crippen molar-refractivity contribution < 1.29 is 13.2 Å². The summed E-state index contributed by atoms with van der Waals surface area (Å²) in [6.45, 7) is 11.5. The number of benzene rings is 2. The number of hydrogen-bond acceptors (Lipinski definition) is 11. The number of nitrogens with zero attached hydrogens (tertiary/aromatic N) is 10. The van der Waals surface area contributed by atoms with Crippen LogP contribution in [0.15, 0.2) is 49.4 Å². The molecule has 0 saturated carbocycles. The van der Waals surface area contributed by atoms with E-state index >= 15 is 0 Å². The molecule has 0 spiro atoms. The summed E-state index contributed by atoms with van der Waals surface area (Å²) in [7, 11) is 5.68. The van der Waals surface area contributed by atoms with Crippen molar-refractivity contribution in [1.29, 1.82) is 0 Å². The Balaban J connectivity index is 1.34. The molecule has 0 N–H and O–H groups in total. The number of alkyl halides is 3. The molecule has 2 saturated heterocycles. The van der Waals surface area contributed by atoms with Crippen molar-refractivity contribution in [2.24, 2.45) is 0 Å². The molecule has 2 aliphatic rings. The third-order valence-corrected chi connectivity index (χ3v) is 11.7. The maximum Gasteiger partial charge on any atom is 0.418 e. The highest BCUT2D eigenvalue weighted by Crippen LogP contribution is 2.45. The van der Waals surface area contributed by atoms with E-state index in [1.807, 2.05) is 39.8 Å². The normalized spacial score (nSPS) is 16.5. The van der Waals surface area contributed by atoms with E-state index in [0.29, 0.717) is 42.6 Å². The molecular formula is C36H44F3IN10S. The Morgan fingerprint density at radius 2 is 1.71 bits per heavy atom. The highest BCUT2D eigenvalue weighted by Gasteiger charge is 2.37. The molecule has 51 heavy (non-hydrogen) atoms. The predicted molar refractivity (Wildman–Crippen MR) is 213 cm³/mol. The SMILES string of the molecule is C=Cc1cc(N(C)c2ncc(CC)c(N(I)c3ccc4nccnc4c3N(C)SC)n2)c(C(F)(F)F)cc1N1CCC(N2CCN(C)CC2)CC1. The lowest BCUT2D eigenvalue weighted by atomic mass is 9.98. The Morgan fingerprint density at radius 3 is 2.35 bits per heavy atom. The van der Waals surface area contributed by atoms with E-state index in [2.05, 4.69) is 66.1 Å². The predicted octanol–water partition coefficient (Wildman–Crippen LogP) is 7.83. The van der Waals surface area contributed by atoms with E-state index in [-0.39, 0.29) is 11.6 Å². The molecule has 2 fully saturated rings. The van der Waals surface area contributed by atoms with Crippen molar-refractivity contribution in [1.82, 2.24) is 29.7 Å². The number of piperidine rings is 1. The minimum atomic E-state index is -4.61. The van der Waals surface area contributed by atoms with Gasteiger partial charge in [-0.3, -0.25) is 18.0 Å². The van der Waals surface area contributed by atoms with E-state index in [1.165, 1.54) is 22.9 Å². The minimum absolute atomic E-state index is 0.0348. The minimum Gasteiger partial charge on any atom is -0.371 e. The maximum absolute atomic E-state index is 14.9. The molecule has 15 heteroatoms. The first-order chi connectivity index (χ1) is 24.4. The van der Waals surface area contributed by atoms with Crippen LogP contribution in [0.5, 0.6) is 0 Å². The summed E-state index contributed by atoms with van der Waals surface area (Å²) < 4.78 is 48.7. The van der Waals surface area contributed by atoms with Crippen molar-refractivity contribution in [2.45, 2.75) is 38.4 Å². The summed E-state index contributed by atoms with van der Waals surface area (Å²) in [5.41, 5.74) is 4.41.